The second-order valence-corrected chi connectivity index (χ2v) is 6.53. The van der Waals surface area contributed by atoms with Crippen molar-refractivity contribution >= 4 is 12.0 Å². The average Bonchev–Trinajstić information content (AvgIpc) is 2.82. The van der Waals surface area contributed by atoms with E-state index in [0.29, 0.717) is 13.1 Å². The Kier molecular flexibility index (Phi) is 5.84. The molecule has 0 aromatic heterocycles. The molecular formula is C15H28N2O3. The van der Waals surface area contributed by atoms with Gasteiger partial charge < -0.3 is 14.5 Å². The lowest BCUT2D eigenvalue weighted by Gasteiger charge is -2.25. The predicted molar refractivity (Wildman–Crippen MR) is 78.5 cm³/mol. The Balaban J connectivity index is 2.46. The minimum atomic E-state index is -0.489. The van der Waals surface area contributed by atoms with Crippen LogP contribution in [0.4, 0.5) is 4.79 Å². The van der Waals surface area contributed by atoms with E-state index in [4.69, 9.17) is 4.74 Å². The zero-order valence-electron chi connectivity index (χ0n) is 13.4. The van der Waals surface area contributed by atoms with E-state index >= 15 is 0 Å². The van der Waals surface area contributed by atoms with Gasteiger partial charge in [-0.3, -0.25) is 4.79 Å². The molecule has 20 heavy (non-hydrogen) atoms. The fourth-order valence-electron chi connectivity index (χ4n) is 2.27. The molecule has 1 saturated heterocycles. The molecule has 0 aromatic rings. The Bertz CT molecular complexity index is 350. The molecule has 1 atom stereocenters. The molecule has 1 unspecified atom stereocenters. The van der Waals surface area contributed by atoms with Crippen LogP contribution >= 0.6 is 0 Å². The van der Waals surface area contributed by atoms with Gasteiger partial charge >= 0.3 is 6.09 Å². The molecule has 0 radical (unpaired) electrons. The van der Waals surface area contributed by atoms with Gasteiger partial charge in [-0.25, -0.2) is 4.79 Å². The maximum Gasteiger partial charge on any atom is 0.410 e. The minimum Gasteiger partial charge on any atom is -0.444 e. The molecule has 0 bridgehead atoms. The van der Waals surface area contributed by atoms with Gasteiger partial charge in [0.1, 0.15) is 5.60 Å². The molecule has 0 spiro atoms. The zero-order chi connectivity index (χ0) is 15.3. The molecule has 1 fully saturated rings. The molecule has 2 amide bonds. The molecule has 1 rings (SSSR count). The summed E-state index contributed by atoms with van der Waals surface area (Å²) in [4.78, 5) is 27.6. The van der Waals surface area contributed by atoms with E-state index in [-0.39, 0.29) is 17.9 Å². The Morgan fingerprint density at radius 2 is 2.00 bits per heavy atom. The van der Waals surface area contributed by atoms with Crippen LogP contribution in [-0.4, -0.2) is 54.1 Å². The third kappa shape index (κ3) is 5.02. The van der Waals surface area contributed by atoms with Crippen LogP contribution in [0.15, 0.2) is 0 Å². The summed E-state index contributed by atoms with van der Waals surface area (Å²) in [6.45, 7) is 9.53. The summed E-state index contributed by atoms with van der Waals surface area (Å²) in [7, 11) is 1.84. The lowest BCUT2D eigenvalue weighted by Crippen LogP contribution is -2.38. The molecule has 5 nitrogen and oxygen atoms in total. The van der Waals surface area contributed by atoms with Crippen LogP contribution < -0.4 is 0 Å². The fraction of sp³-hybridized carbons (Fsp3) is 0.867. The first-order valence-electron chi connectivity index (χ1n) is 7.47. The maximum absolute atomic E-state index is 12.3. The Labute approximate surface area is 122 Å². The average molecular weight is 284 g/mol. The van der Waals surface area contributed by atoms with Crippen LogP contribution in [0.25, 0.3) is 0 Å². The lowest BCUT2D eigenvalue weighted by atomic mass is 10.1. The van der Waals surface area contributed by atoms with E-state index in [9.17, 15) is 9.59 Å². The largest absolute Gasteiger partial charge is 0.444 e. The van der Waals surface area contributed by atoms with Crippen LogP contribution in [0, 0.1) is 5.92 Å². The third-order valence-corrected chi connectivity index (χ3v) is 3.41. The summed E-state index contributed by atoms with van der Waals surface area (Å²) in [6.07, 6.45) is 2.51. The number of amides is 2. The zero-order valence-corrected chi connectivity index (χ0v) is 13.4. The van der Waals surface area contributed by atoms with Crippen LogP contribution in [0.1, 0.15) is 47.0 Å². The van der Waals surface area contributed by atoms with Gasteiger partial charge in [-0.05, 0) is 33.6 Å². The molecular weight excluding hydrogens is 256 g/mol. The molecule has 1 aliphatic rings. The van der Waals surface area contributed by atoms with Gasteiger partial charge in [0.2, 0.25) is 5.91 Å². The molecule has 1 heterocycles. The third-order valence-electron chi connectivity index (χ3n) is 3.41. The van der Waals surface area contributed by atoms with Crippen molar-refractivity contribution in [2.75, 3.05) is 26.7 Å². The van der Waals surface area contributed by atoms with Gasteiger partial charge in [0, 0.05) is 26.7 Å². The summed E-state index contributed by atoms with van der Waals surface area (Å²) in [5.74, 6) is 0.0638. The van der Waals surface area contributed by atoms with Crippen molar-refractivity contribution in [3.05, 3.63) is 0 Å². The van der Waals surface area contributed by atoms with E-state index in [1.165, 1.54) is 0 Å². The molecule has 0 aromatic carbocycles. The first kappa shape index (κ1) is 16.8. The van der Waals surface area contributed by atoms with E-state index in [1.54, 1.807) is 9.80 Å². The number of unbranched alkanes of at least 4 members (excludes halogenated alkanes) is 1. The fourth-order valence-corrected chi connectivity index (χ4v) is 2.27. The molecule has 5 heteroatoms. The molecule has 0 saturated carbocycles. The highest BCUT2D eigenvalue weighted by atomic mass is 16.6. The van der Waals surface area contributed by atoms with Crippen molar-refractivity contribution in [2.45, 2.75) is 52.6 Å². The van der Waals surface area contributed by atoms with Gasteiger partial charge in [0.25, 0.3) is 0 Å². The van der Waals surface area contributed by atoms with E-state index < -0.39 is 5.60 Å². The summed E-state index contributed by atoms with van der Waals surface area (Å²) in [5.41, 5.74) is -0.489. The normalized spacial score (nSPS) is 19.1. The highest BCUT2D eigenvalue weighted by Gasteiger charge is 2.34. The summed E-state index contributed by atoms with van der Waals surface area (Å²) < 4.78 is 5.34. The number of hydrogen-bond acceptors (Lipinski definition) is 3. The molecule has 0 aliphatic carbocycles. The van der Waals surface area contributed by atoms with Gasteiger partial charge in [0.15, 0.2) is 0 Å². The standard InChI is InChI=1S/C15H28N2O3/c1-6-7-9-16(5)13(18)12-8-10-17(11-12)14(19)20-15(2,3)4/h12H,6-11H2,1-5H3. The topological polar surface area (TPSA) is 49.9 Å². The lowest BCUT2D eigenvalue weighted by molar-refractivity contribution is -0.133. The van der Waals surface area contributed by atoms with Crippen LogP contribution in [-0.2, 0) is 9.53 Å². The number of carbonyl (C=O) groups is 2. The summed E-state index contributed by atoms with van der Waals surface area (Å²) in [5, 5.41) is 0. The van der Waals surface area contributed by atoms with Gasteiger partial charge in [0.05, 0.1) is 5.92 Å². The number of rotatable bonds is 4. The number of nitrogens with zero attached hydrogens (tertiary/aromatic N) is 2. The van der Waals surface area contributed by atoms with Crippen LogP contribution in [0.5, 0.6) is 0 Å². The van der Waals surface area contributed by atoms with E-state index in [1.807, 2.05) is 27.8 Å². The van der Waals surface area contributed by atoms with E-state index in [0.717, 1.165) is 25.8 Å². The predicted octanol–water partition coefficient (Wildman–Crippen LogP) is 2.50. The Morgan fingerprint density at radius 3 is 2.55 bits per heavy atom. The second kappa shape index (κ2) is 6.95. The monoisotopic (exact) mass is 284 g/mol. The second-order valence-electron chi connectivity index (χ2n) is 6.53. The van der Waals surface area contributed by atoms with Crippen molar-refractivity contribution in [3.63, 3.8) is 0 Å². The van der Waals surface area contributed by atoms with Crippen LogP contribution in [0.3, 0.4) is 0 Å². The highest BCUT2D eigenvalue weighted by molar-refractivity contribution is 5.80. The van der Waals surface area contributed by atoms with Crippen LogP contribution in [0.2, 0.25) is 0 Å². The quantitative estimate of drug-likeness (QED) is 0.797. The first-order valence-corrected chi connectivity index (χ1v) is 7.47. The van der Waals surface area contributed by atoms with Crippen molar-refractivity contribution in [3.8, 4) is 0 Å². The smallest absolute Gasteiger partial charge is 0.410 e. The molecule has 1 aliphatic heterocycles. The Morgan fingerprint density at radius 1 is 1.35 bits per heavy atom. The van der Waals surface area contributed by atoms with Crippen molar-refractivity contribution in [1.82, 2.24) is 9.80 Å². The van der Waals surface area contributed by atoms with Gasteiger partial charge in [-0.1, -0.05) is 13.3 Å². The number of likely N-dealkylation sites (tertiary alicyclic amines) is 1. The van der Waals surface area contributed by atoms with Crippen molar-refractivity contribution in [2.24, 2.45) is 5.92 Å². The van der Waals surface area contributed by atoms with E-state index in [2.05, 4.69) is 6.92 Å². The molecule has 0 N–H and O–H groups in total. The SMILES string of the molecule is CCCCN(C)C(=O)C1CCN(C(=O)OC(C)(C)C)C1. The number of hydrogen-bond donors (Lipinski definition) is 0. The maximum atomic E-state index is 12.3. The van der Waals surface area contributed by atoms with Crippen molar-refractivity contribution in [1.29, 1.82) is 0 Å². The van der Waals surface area contributed by atoms with Gasteiger partial charge in [-0.15, -0.1) is 0 Å². The molecule has 116 valence electrons. The van der Waals surface area contributed by atoms with Crippen molar-refractivity contribution < 1.29 is 14.3 Å². The highest BCUT2D eigenvalue weighted by Crippen LogP contribution is 2.21. The van der Waals surface area contributed by atoms with Gasteiger partial charge in [-0.2, -0.15) is 0 Å². The number of ether oxygens (including phenoxy) is 1. The minimum absolute atomic E-state index is 0.0793. The first-order chi connectivity index (χ1) is 9.24. The number of carbonyl (C=O) groups excluding carboxylic acids is 2. The summed E-state index contributed by atoms with van der Waals surface area (Å²) >= 11 is 0. The Hall–Kier alpha value is -1.26. The summed E-state index contributed by atoms with van der Waals surface area (Å²) in [6, 6.07) is 0.